The topological polar surface area (TPSA) is 75.4 Å². The highest BCUT2D eigenvalue weighted by Crippen LogP contribution is 2.06. The highest BCUT2D eigenvalue weighted by Gasteiger charge is 2.29. The maximum absolute atomic E-state index is 10.4. The Morgan fingerprint density at radius 1 is 1.67 bits per heavy atom. The van der Waals surface area contributed by atoms with Crippen LogP contribution in [0.2, 0.25) is 0 Å². The molecule has 1 amide bonds. The van der Waals surface area contributed by atoms with Crippen LogP contribution in [0.5, 0.6) is 0 Å². The molecule has 0 aromatic carbocycles. The minimum atomic E-state index is -0.581. The highest BCUT2D eigenvalue weighted by molar-refractivity contribution is 5.77. The fraction of sp³-hybridized carbons (Fsp3) is 0.800. The number of rotatable bonds is 1. The average molecular weight is 130 g/mol. The van der Waals surface area contributed by atoms with E-state index in [0.29, 0.717) is 13.1 Å². The van der Waals surface area contributed by atoms with Crippen molar-refractivity contribution in [2.75, 3.05) is 13.1 Å². The van der Waals surface area contributed by atoms with E-state index in [2.05, 4.69) is 5.32 Å². The van der Waals surface area contributed by atoms with Crippen LogP contribution in [0, 0.1) is 5.92 Å². The molecule has 0 saturated carbocycles. The highest BCUT2D eigenvalue weighted by atomic mass is 16.3. The lowest BCUT2D eigenvalue weighted by Gasteiger charge is -2.06. The molecule has 1 heterocycles. The van der Waals surface area contributed by atoms with Gasteiger partial charge in [-0.05, 0) is 0 Å². The van der Waals surface area contributed by atoms with Crippen molar-refractivity contribution in [1.29, 1.82) is 0 Å². The van der Waals surface area contributed by atoms with Gasteiger partial charge in [0.15, 0.2) is 0 Å². The number of hydrogen-bond donors (Lipinski definition) is 3. The molecule has 4 heteroatoms. The first-order valence-corrected chi connectivity index (χ1v) is 2.90. The van der Waals surface area contributed by atoms with Crippen LogP contribution in [0.25, 0.3) is 0 Å². The standard InChI is InChI=1S/C5H10N2O2/c6-5(9)3-1-7-2-4(3)8/h3-4,7-8H,1-2H2,(H2,6,9)/t3-,4-/m1/s1. The van der Waals surface area contributed by atoms with Crippen LogP contribution in [0.3, 0.4) is 0 Å². The third-order valence-electron chi connectivity index (χ3n) is 1.55. The van der Waals surface area contributed by atoms with E-state index in [4.69, 9.17) is 10.8 Å². The molecule has 1 aliphatic heterocycles. The van der Waals surface area contributed by atoms with Crippen molar-refractivity contribution in [2.45, 2.75) is 6.10 Å². The third-order valence-corrected chi connectivity index (χ3v) is 1.55. The molecule has 4 nitrogen and oxygen atoms in total. The lowest BCUT2D eigenvalue weighted by atomic mass is 10.1. The molecule has 0 aromatic heterocycles. The number of carbonyl (C=O) groups is 1. The smallest absolute Gasteiger partial charge is 0.224 e. The predicted octanol–water partition coefficient (Wildman–Crippen LogP) is -1.95. The van der Waals surface area contributed by atoms with E-state index < -0.39 is 12.0 Å². The number of nitrogens with two attached hydrogens (primary N) is 1. The summed E-state index contributed by atoms with van der Waals surface area (Å²) in [5.74, 6) is -0.808. The van der Waals surface area contributed by atoms with Crippen molar-refractivity contribution in [1.82, 2.24) is 5.32 Å². The molecule has 4 N–H and O–H groups in total. The van der Waals surface area contributed by atoms with Gasteiger partial charge in [-0.2, -0.15) is 0 Å². The lowest BCUT2D eigenvalue weighted by Crippen LogP contribution is -2.32. The molecule has 1 saturated heterocycles. The summed E-state index contributed by atoms with van der Waals surface area (Å²) in [5, 5.41) is 11.8. The molecule has 0 radical (unpaired) electrons. The average Bonchev–Trinajstić information content (AvgIpc) is 2.13. The van der Waals surface area contributed by atoms with E-state index in [1.165, 1.54) is 0 Å². The van der Waals surface area contributed by atoms with Crippen LogP contribution in [-0.4, -0.2) is 30.2 Å². The summed E-state index contributed by atoms with van der Waals surface area (Å²) < 4.78 is 0. The molecule has 0 aromatic rings. The summed E-state index contributed by atoms with van der Waals surface area (Å²) in [5.41, 5.74) is 4.95. The number of aliphatic hydroxyl groups excluding tert-OH is 1. The van der Waals surface area contributed by atoms with Gasteiger partial charge >= 0.3 is 0 Å². The van der Waals surface area contributed by atoms with Crippen molar-refractivity contribution in [3.8, 4) is 0 Å². The van der Waals surface area contributed by atoms with Crippen LogP contribution >= 0.6 is 0 Å². The summed E-state index contributed by atoms with van der Waals surface area (Å²) in [6.45, 7) is 0.990. The van der Waals surface area contributed by atoms with Gasteiger partial charge in [0.05, 0.1) is 12.0 Å². The summed E-state index contributed by atoms with van der Waals surface area (Å²) in [4.78, 5) is 10.4. The van der Waals surface area contributed by atoms with E-state index in [-0.39, 0.29) is 5.92 Å². The van der Waals surface area contributed by atoms with Gasteiger partial charge in [0.1, 0.15) is 0 Å². The molecule has 0 unspecified atom stereocenters. The van der Waals surface area contributed by atoms with Crippen molar-refractivity contribution >= 4 is 5.91 Å². The molecule has 9 heavy (non-hydrogen) atoms. The molecule has 0 aliphatic carbocycles. The van der Waals surface area contributed by atoms with Gasteiger partial charge in [0.2, 0.25) is 5.91 Å². The second kappa shape index (κ2) is 2.33. The van der Waals surface area contributed by atoms with Crippen molar-refractivity contribution in [3.05, 3.63) is 0 Å². The first kappa shape index (κ1) is 6.51. The SMILES string of the molecule is NC(=O)[C@@H]1CNC[C@H]1O. The van der Waals surface area contributed by atoms with Gasteiger partial charge in [0.25, 0.3) is 0 Å². The number of carbonyl (C=O) groups excluding carboxylic acids is 1. The van der Waals surface area contributed by atoms with Crippen molar-refractivity contribution in [2.24, 2.45) is 11.7 Å². The fourth-order valence-corrected chi connectivity index (χ4v) is 0.955. The summed E-state index contributed by atoms with van der Waals surface area (Å²) in [6.07, 6.45) is -0.581. The van der Waals surface area contributed by atoms with Gasteiger partial charge in [-0.3, -0.25) is 4.79 Å². The Balaban J connectivity index is 2.49. The van der Waals surface area contributed by atoms with Gasteiger partial charge in [0, 0.05) is 13.1 Å². The van der Waals surface area contributed by atoms with E-state index >= 15 is 0 Å². The van der Waals surface area contributed by atoms with Gasteiger partial charge in [-0.15, -0.1) is 0 Å². The van der Waals surface area contributed by atoms with Gasteiger partial charge in [-0.25, -0.2) is 0 Å². The molecular formula is C5H10N2O2. The Hall–Kier alpha value is -0.610. The Morgan fingerprint density at radius 2 is 2.33 bits per heavy atom. The molecule has 1 rings (SSSR count). The zero-order valence-electron chi connectivity index (χ0n) is 5.00. The number of nitrogens with one attached hydrogen (secondary N) is 1. The van der Waals surface area contributed by atoms with Gasteiger partial charge in [-0.1, -0.05) is 0 Å². The fourth-order valence-electron chi connectivity index (χ4n) is 0.955. The molecule has 0 bridgehead atoms. The maximum atomic E-state index is 10.4. The predicted molar refractivity (Wildman–Crippen MR) is 31.6 cm³/mol. The Kier molecular flexibility index (Phi) is 1.68. The second-order valence-corrected chi connectivity index (χ2v) is 2.23. The van der Waals surface area contributed by atoms with Crippen molar-refractivity contribution in [3.63, 3.8) is 0 Å². The van der Waals surface area contributed by atoms with Crippen LogP contribution in [0.15, 0.2) is 0 Å². The van der Waals surface area contributed by atoms with Gasteiger partial charge < -0.3 is 16.2 Å². The molecular weight excluding hydrogens is 120 g/mol. The minimum absolute atomic E-state index is 0.384. The zero-order valence-corrected chi connectivity index (χ0v) is 5.00. The minimum Gasteiger partial charge on any atom is -0.391 e. The quantitative estimate of drug-likeness (QED) is 0.386. The maximum Gasteiger partial charge on any atom is 0.224 e. The van der Waals surface area contributed by atoms with E-state index in [9.17, 15) is 4.79 Å². The second-order valence-electron chi connectivity index (χ2n) is 2.23. The molecule has 1 aliphatic rings. The monoisotopic (exact) mass is 130 g/mol. The first-order chi connectivity index (χ1) is 4.22. The van der Waals surface area contributed by atoms with Crippen LogP contribution in [0.1, 0.15) is 0 Å². The van der Waals surface area contributed by atoms with Crippen molar-refractivity contribution < 1.29 is 9.90 Å². The molecule has 52 valence electrons. The Labute approximate surface area is 53.0 Å². The zero-order chi connectivity index (χ0) is 6.85. The number of β-amino-alcohol motifs (C(OH)–C–C–N with tert-alkyl or cyclic N) is 1. The van der Waals surface area contributed by atoms with Crippen LogP contribution in [-0.2, 0) is 4.79 Å². The number of aliphatic hydroxyl groups is 1. The molecule has 1 fully saturated rings. The largest absolute Gasteiger partial charge is 0.391 e. The normalized spacial score (nSPS) is 34.8. The summed E-state index contributed by atoms with van der Waals surface area (Å²) in [6, 6.07) is 0. The van der Waals surface area contributed by atoms with E-state index in [1.807, 2.05) is 0 Å². The van der Waals surface area contributed by atoms with Crippen LogP contribution in [0.4, 0.5) is 0 Å². The van der Waals surface area contributed by atoms with Crippen LogP contribution < -0.4 is 11.1 Å². The Morgan fingerprint density at radius 3 is 2.56 bits per heavy atom. The summed E-state index contributed by atoms with van der Waals surface area (Å²) in [7, 11) is 0. The number of hydrogen-bond acceptors (Lipinski definition) is 3. The summed E-state index contributed by atoms with van der Waals surface area (Å²) >= 11 is 0. The molecule has 0 spiro atoms. The molecule has 2 atom stereocenters. The van der Waals surface area contributed by atoms with E-state index in [1.54, 1.807) is 0 Å². The Bertz CT molecular complexity index is 126. The first-order valence-electron chi connectivity index (χ1n) is 2.90. The number of primary amides is 1. The third kappa shape index (κ3) is 1.20. The number of amides is 1. The van der Waals surface area contributed by atoms with E-state index in [0.717, 1.165) is 0 Å². The lowest BCUT2D eigenvalue weighted by molar-refractivity contribution is -0.123.